The summed E-state index contributed by atoms with van der Waals surface area (Å²) >= 11 is 0. The first kappa shape index (κ1) is 15.8. The number of nitrogens with one attached hydrogen (secondary N) is 1. The second-order valence-corrected chi connectivity index (χ2v) is 5.61. The van der Waals surface area contributed by atoms with Crippen LogP contribution in [0.5, 0.6) is 0 Å². The van der Waals surface area contributed by atoms with Crippen LogP contribution in [-0.4, -0.2) is 10.9 Å². The minimum absolute atomic E-state index is 0.288. The molecule has 1 aromatic heterocycles. The Labute approximate surface area is 141 Å². The molecule has 3 rings (SSSR count). The van der Waals surface area contributed by atoms with Crippen molar-refractivity contribution >= 4 is 11.6 Å². The highest BCUT2D eigenvalue weighted by molar-refractivity contribution is 5.92. The lowest BCUT2D eigenvalue weighted by atomic mass is 10.1. The molecule has 2 aromatic carbocycles. The average Bonchev–Trinajstić information content (AvgIpc) is 3.06. The third-order valence-electron chi connectivity index (χ3n) is 3.78. The number of hydrogen-bond donors (Lipinski definition) is 2. The average molecular weight is 320 g/mol. The zero-order chi connectivity index (χ0) is 16.9. The largest absolute Gasteiger partial charge is 0.439 e. The number of hydrogen-bond acceptors (Lipinski definition) is 3. The molecule has 5 heteroatoms. The molecule has 5 nitrogen and oxygen atoms in total. The zero-order valence-electron chi connectivity index (χ0n) is 13.8. The molecule has 0 spiro atoms. The fourth-order valence-electron chi connectivity index (χ4n) is 2.28. The summed E-state index contributed by atoms with van der Waals surface area (Å²) < 4.78 is 5.70. The second-order valence-electron chi connectivity index (χ2n) is 5.61. The Morgan fingerprint density at radius 3 is 2.67 bits per heavy atom. The maximum absolute atomic E-state index is 5.93. The van der Waals surface area contributed by atoms with Crippen molar-refractivity contribution in [1.29, 1.82) is 0 Å². The van der Waals surface area contributed by atoms with E-state index in [-0.39, 0.29) is 6.54 Å². The molecule has 0 aliphatic rings. The van der Waals surface area contributed by atoms with Crippen molar-refractivity contribution in [3.63, 3.8) is 0 Å². The molecule has 24 heavy (non-hydrogen) atoms. The number of oxazole rings is 1. The topological polar surface area (TPSA) is 76.4 Å². The summed E-state index contributed by atoms with van der Waals surface area (Å²) in [6, 6.07) is 15.9. The van der Waals surface area contributed by atoms with Gasteiger partial charge in [-0.1, -0.05) is 36.4 Å². The van der Waals surface area contributed by atoms with Crippen LogP contribution in [0.15, 0.2) is 64.1 Å². The number of rotatable bonds is 4. The maximum atomic E-state index is 5.93. The van der Waals surface area contributed by atoms with E-state index in [0.29, 0.717) is 11.9 Å². The van der Waals surface area contributed by atoms with E-state index in [1.807, 2.05) is 48.5 Å². The Morgan fingerprint density at radius 2 is 1.92 bits per heavy atom. The van der Waals surface area contributed by atoms with E-state index in [1.165, 1.54) is 11.1 Å². The third-order valence-corrected chi connectivity index (χ3v) is 3.78. The van der Waals surface area contributed by atoms with Crippen molar-refractivity contribution in [1.82, 2.24) is 4.98 Å². The van der Waals surface area contributed by atoms with Gasteiger partial charge in [0.1, 0.15) is 6.54 Å². The molecule has 122 valence electrons. The highest BCUT2D eigenvalue weighted by Crippen LogP contribution is 2.20. The molecule has 0 bridgehead atoms. The van der Waals surface area contributed by atoms with Gasteiger partial charge in [-0.05, 0) is 37.1 Å². The van der Waals surface area contributed by atoms with Gasteiger partial charge in [0.25, 0.3) is 0 Å². The number of nitrogens with zero attached hydrogens (tertiary/aromatic N) is 2. The van der Waals surface area contributed by atoms with E-state index >= 15 is 0 Å². The van der Waals surface area contributed by atoms with Crippen molar-refractivity contribution in [2.45, 2.75) is 20.4 Å². The standard InChI is InChI=1S/C19H20N4O/c1-13-8-9-16(10-14(13)2)23-19(20)22-12-18-21-11-17(24-18)15-6-4-3-5-7-15/h3-11H,12H2,1-2H3,(H3,20,22,23). The Balaban J connectivity index is 1.65. The summed E-state index contributed by atoms with van der Waals surface area (Å²) in [5.74, 6) is 1.58. The van der Waals surface area contributed by atoms with E-state index in [9.17, 15) is 0 Å². The van der Waals surface area contributed by atoms with Crippen molar-refractivity contribution in [3.05, 3.63) is 71.7 Å². The molecule has 0 fully saturated rings. The molecular formula is C19H20N4O. The van der Waals surface area contributed by atoms with Crippen molar-refractivity contribution in [2.24, 2.45) is 10.7 Å². The van der Waals surface area contributed by atoms with Gasteiger partial charge in [-0.25, -0.2) is 9.98 Å². The summed E-state index contributed by atoms with van der Waals surface area (Å²) in [7, 11) is 0. The van der Waals surface area contributed by atoms with Gasteiger partial charge in [0, 0.05) is 11.3 Å². The van der Waals surface area contributed by atoms with Gasteiger partial charge < -0.3 is 15.5 Å². The van der Waals surface area contributed by atoms with Crippen LogP contribution in [-0.2, 0) is 6.54 Å². The molecule has 3 N–H and O–H groups in total. The van der Waals surface area contributed by atoms with Crippen LogP contribution >= 0.6 is 0 Å². The van der Waals surface area contributed by atoms with Crippen LogP contribution in [0.4, 0.5) is 5.69 Å². The van der Waals surface area contributed by atoms with E-state index < -0.39 is 0 Å². The first-order chi connectivity index (χ1) is 11.6. The van der Waals surface area contributed by atoms with Gasteiger partial charge in [-0.3, -0.25) is 0 Å². The van der Waals surface area contributed by atoms with Gasteiger partial charge in [-0.15, -0.1) is 0 Å². The minimum Gasteiger partial charge on any atom is -0.439 e. The van der Waals surface area contributed by atoms with Gasteiger partial charge in [0.2, 0.25) is 5.89 Å². The van der Waals surface area contributed by atoms with Crippen molar-refractivity contribution in [3.8, 4) is 11.3 Å². The number of aromatic nitrogens is 1. The van der Waals surface area contributed by atoms with Crippen molar-refractivity contribution < 1.29 is 4.42 Å². The zero-order valence-corrected chi connectivity index (χ0v) is 13.8. The van der Waals surface area contributed by atoms with Crippen LogP contribution in [0.3, 0.4) is 0 Å². The van der Waals surface area contributed by atoms with Crippen LogP contribution in [0.2, 0.25) is 0 Å². The highest BCUT2D eigenvalue weighted by Gasteiger charge is 2.05. The lowest BCUT2D eigenvalue weighted by Crippen LogP contribution is -2.22. The van der Waals surface area contributed by atoms with Gasteiger partial charge >= 0.3 is 0 Å². The van der Waals surface area contributed by atoms with Crippen LogP contribution < -0.4 is 11.1 Å². The smallest absolute Gasteiger partial charge is 0.216 e. The molecule has 0 amide bonds. The molecule has 0 saturated carbocycles. The lowest BCUT2D eigenvalue weighted by Gasteiger charge is -2.07. The Bertz CT molecular complexity index is 853. The molecule has 0 unspecified atom stereocenters. The molecule has 0 radical (unpaired) electrons. The summed E-state index contributed by atoms with van der Waals surface area (Å²) in [6.45, 7) is 4.42. The molecular weight excluding hydrogens is 300 g/mol. The number of anilines is 1. The maximum Gasteiger partial charge on any atom is 0.216 e. The van der Waals surface area contributed by atoms with Gasteiger partial charge in [-0.2, -0.15) is 0 Å². The Hall–Kier alpha value is -3.08. The summed E-state index contributed by atoms with van der Waals surface area (Å²) in [4.78, 5) is 8.52. The number of aliphatic imine (C=N–C) groups is 1. The fraction of sp³-hybridized carbons (Fsp3) is 0.158. The van der Waals surface area contributed by atoms with Crippen LogP contribution in [0.1, 0.15) is 17.0 Å². The predicted molar refractivity (Wildman–Crippen MR) is 96.8 cm³/mol. The molecule has 0 aliphatic heterocycles. The van der Waals surface area contributed by atoms with E-state index in [1.54, 1.807) is 6.20 Å². The number of aryl methyl sites for hydroxylation is 2. The quantitative estimate of drug-likeness (QED) is 0.565. The normalized spacial score (nSPS) is 11.5. The molecule has 1 heterocycles. The first-order valence-corrected chi connectivity index (χ1v) is 7.76. The summed E-state index contributed by atoms with van der Waals surface area (Å²) in [5.41, 5.74) is 10.3. The van der Waals surface area contributed by atoms with E-state index in [0.717, 1.165) is 17.0 Å². The number of nitrogens with two attached hydrogens (primary N) is 1. The van der Waals surface area contributed by atoms with Crippen LogP contribution in [0.25, 0.3) is 11.3 Å². The van der Waals surface area contributed by atoms with Crippen molar-refractivity contribution in [2.75, 3.05) is 5.32 Å². The monoisotopic (exact) mass is 320 g/mol. The minimum atomic E-state index is 0.288. The second kappa shape index (κ2) is 7.00. The molecule has 3 aromatic rings. The molecule has 0 saturated heterocycles. The lowest BCUT2D eigenvalue weighted by molar-refractivity contribution is 0.510. The van der Waals surface area contributed by atoms with E-state index in [2.05, 4.69) is 29.1 Å². The summed E-state index contributed by atoms with van der Waals surface area (Å²) in [6.07, 6.45) is 1.70. The first-order valence-electron chi connectivity index (χ1n) is 7.76. The number of benzene rings is 2. The Morgan fingerprint density at radius 1 is 1.12 bits per heavy atom. The van der Waals surface area contributed by atoms with Crippen LogP contribution in [0, 0.1) is 13.8 Å². The van der Waals surface area contributed by atoms with Gasteiger partial charge in [0.05, 0.1) is 6.20 Å². The fourth-order valence-corrected chi connectivity index (χ4v) is 2.28. The Kier molecular flexibility index (Phi) is 4.61. The number of guanidine groups is 1. The summed E-state index contributed by atoms with van der Waals surface area (Å²) in [5, 5.41) is 3.08. The van der Waals surface area contributed by atoms with E-state index in [4.69, 9.17) is 10.2 Å². The highest BCUT2D eigenvalue weighted by atomic mass is 16.4. The molecule has 0 atom stereocenters. The molecule has 0 aliphatic carbocycles. The SMILES string of the molecule is Cc1ccc(NC(N)=NCc2ncc(-c3ccccc3)o2)cc1C. The van der Waals surface area contributed by atoms with Gasteiger partial charge in [0.15, 0.2) is 11.7 Å². The predicted octanol–water partition coefficient (Wildman–Crippen LogP) is 3.89. The third kappa shape index (κ3) is 3.81.